The normalized spacial score (nSPS) is 9.33. The first-order valence-electron chi connectivity index (χ1n) is 4.24. The van der Waals surface area contributed by atoms with Crippen molar-refractivity contribution in [3.05, 3.63) is 42.2 Å². The molecule has 5 heteroatoms. The molecule has 1 rings (SSSR count). The van der Waals surface area contributed by atoms with Crippen LogP contribution in [0.3, 0.4) is 0 Å². The van der Waals surface area contributed by atoms with E-state index in [0.29, 0.717) is 6.54 Å². The lowest BCUT2D eigenvalue weighted by Gasteiger charge is -2.01. The zero-order valence-electron chi connectivity index (χ0n) is 7.93. The molecule has 0 saturated carbocycles. The van der Waals surface area contributed by atoms with Gasteiger partial charge in [-0.05, 0) is 12.1 Å². The Hall–Kier alpha value is -2.17. The summed E-state index contributed by atoms with van der Waals surface area (Å²) in [5.74, 6) is -1.58. The quantitative estimate of drug-likeness (QED) is 0.710. The van der Waals surface area contributed by atoms with Crippen LogP contribution in [-0.2, 0) is 0 Å². The number of aromatic nitrogens is 1. The van der Waals surface area contributed by atoms with Crippen molar-refractivity contribution < 1.29 is 14.7 Å². The van der Waals surface area contributed by atoms with E-state index in [9.17, 15) is 9.59 Å². The number of nitrogens with zero attached hydrogens (tertiary/aromatic N) is 1. The zero-order chi connectivity index (χ0) is 11.3. The van der Waals surface area contributed by atoms with E-state index in [0.717, 1.165) is 0 Å². The van der Waals surface area contributed by atoms with E-state index in [-0.39, 0.29) is 11.4 Å². The van der Waals surface area contributed by atoms with Gasteiger partial charge in [-0.1, -0.05) is 12.1 Å². The number of carboxylic acid groups (broad SMARTS) is 1. The molecule has 0 atom stereocenters. The van der Waals surface area contributed by atoms with E-state index in [4.69, 9.17) is 5.11 Å². The fourth-order valence-electron chi connectivity index (χ4n) is 0.936. The summed E-state index contributed by atoms with van der Waals surface area (Å²) >= 11 is 0. The number of carboxylic acids is 1. The minimum absolute atomic E-state index is 0.0803. The maximum Gasteiger partial charge on any atom is 0.354 e. The fourth-order valence-corrected chi connectivity index (χ4v) is 0.936. The highest BCUT2D eigenvalue weighted by Crippen LogP contribution is 1.99. The van der Waals surface area contributed by atoms with Crippen LogP contribution in [0.4, 0.5) is 0 Å². The predicted molar refractivity (Wildman–Crippen MR) is 53.7 cm³/mol. The van der Waals surface area contributed by atoms with Gasteiger partial charge >= 0.3 is 5.97 Å². The number of rotatable bonds is 4. The van der Waals surface area contributed by atoms with Crippen LogP contribution < -0.4 is 5.32 Å². The molecule has 1 amide bonds. The van der Waals surface area contributed by atoms with Gasteiger partial charge in [-0.15, -0.1) is 6.58 Å². The van der Waals surface area contributed by atoms with Crippen molar-refractivity contribution in [2.45, 2.75) is 0 Å². The number of aromatic carboxylic acids is 1. The van der Waals surface area contributed by atoms with Crippen LogP contribution in [-0.4, -0.2) is 28.5 Å². The van der Waals surface area contributed by atoms with Gasteiger partial charge in [0.15, 0.2) is 0 Å². The molecule has 1 heterocycles. The molecule has 0 aliphatic rings. The molecule has 2 N–H and O–H groups in total. The van der Waals surface area contributed by atoms with Gasteiger partial charge in [0, 0.05) is 6.54 Å². The summed E-state index contributed by atoms with van der Waals surface area (Å²) in [6.07, 6.45) is 1.53. The molecule has 0 aromatic carbocycles. The van der Waals surface area contributed by atoms with Gasteiger partial charge in [-0.2, -0.15) is 0 Å². The third-order valence-electron chi connectivity index (χ3n) is 1.61. The number of carbonyl (C=O) groups is 2. The Bertz CT molecular complexity index is 401. The van der Waals surface area contributed by atoms with E-state index in [1.807, 2.05) is 0 Å². The molecule has 0 spiro atoms. The second-order valence-corrected chi connectivity index (χ2v) is 2.71. The smallest absolute Gasteiger partial charge is 0.354 e. The Kier molecular flexibility index (Phi) is 3.56. The van der Waals surface area contributed by atoms with Crippen LogP contribution in [0.25, 0.3) is 0 Å². The molecule has 15 heavy (non-hydrogen) atoms. The first kappa shape index (κ1) is 10.9. The first-order chi connectivity index (χ1) is 7.15. The molecule has 0 saturated heterocycles. The minimum atomic E-state index is -1.16. The molecule has 78 valence electrons. The van der Waals surface area contributed by atoms with Crippen molar-refractivity contribution in [3.63, 3.8) is 0 Å². The van der Waals surface area contributed by atoms with Gasteiger partial charge in [0.25, 0.3) is 5.91 Å². The number of nitrogens with one attached hydrogen (secondary N) is 1. The summed E-state index contributed by atoms with van der Waals surface area (Å²) in [6.45, 7) is 3.76. The van der Waals surface area contributed by atoms with Crippen LogP contribution in [0.2, 0.25) is 0 Å². The Labute approximate surface area is 86.5 Å². The maximum absolute atomic E-state index is 11.4. The van der Waals surface area contributed by atoms with E-state index in [2.05, 4.69) is 16.9 Å². The number of hydrogen-bond acceptors (Lipinski definition) is 3. The first-order valence-corrected chi connectivity index (χ1v) is 4.24. The minimum Gasteiger partial charge on any atom is -0.477 e. The molecule has 0 radical (unpaired) electrons. The van der Waals surface area contributed by atoms with E-state index in [1.165, 1.54) is 24.3 Å². The number of amides is 1. The van der Waals surface area contributed by atoms with Crippen LogP contribution in [0.15, 0.2) is 30.9 Å². The van der Waals surface area contributed by atoms with E-state index < -0.39 is 11.9 Å². The third kappa shape index (κ3) is 2.91. The lowest BCUT2D eigenvalue weighted by molar-refractivity contribution is 0.0690. The average Bonchev–Trinajstić information content (AvgIpc) is 2.26. The van der Waals surface area contributed by atoms with Crippen molar-refractivity contribution >= 4 is 11.9 Å². The number of pyridine rings is 1. The van der Waals surface area contributed by atoms with Gasteiger partial charge in [0.05, 0.1) is 0 Å². The van der Waals surface area contributed by atoms with Gasteiger partial charge in [-0.25, -0.2) is 9.78 Å². The van der Waals surface area contributed by atoms with Crippen LogP contribution >= 0.6 is 0 Å². The zero-order valence-corrected chi connectivity index (χ0v) is 7.93. The molecule has 0 unspecified atom stereocenters. The number of hydrogen-bond donors (Lipinski definition) is 2. The molecule has 1 aromatic heterocycles. The Morgan fingerprint density at radius 2 is 2.13 bits per heavy atom. The third-order valence-corrected chi connectivity index (χ3v) is 1.61. The average molecular weight is 206 g/mol. The standard InChI is InChI=1S/C10H10N2O3/c1-2-6-11-9(13)7-4-3-5-8(12-7)10(14)15/h2-5H,1,6H2,(H,11,13)(H,14,15). The molecular weight excluding hydrogens is 196 g/mol. The summed E-state index contributed by atoms with van der Waals surface area (Å²) in [7, 11) is 0. The fraction of sp³-hybridized carbons (Fsp3) is 0.100. The van der Waals surface area contributed by atoms with Gasteiger partial charge in [0.2, 0.25) is 0 Å². The summed E-state index contributed by atoms with van der Waals surface area (Å²) in [5, 5.41) is 11.2. The topological polar surface area (TPSA) is 79.3 Å². The highest BCUT2D eigenvalue weighted by Gasteiger charge is 2.09. The highest BCUT2D eigenvalue weighted by atomic mass is 16.4. The largest absolute Gasteiger partial charge is 0.477 e. The summed E-state index contributed by atoms with van der Waals surface area (Å²) < 4.78 is 0. The van der Waals surface area contributed by atoms with Crippen LogP contribution in [0.5, 0.6) is 0 Å². The molecule has 0 fully saturated rings. The van der Waals surface area contributed by atoms with Gasteiger partial charge in [-0.3, -0.25) is 4.79 Å². The highest BCUT2D eigenvalue weighted by molar-refractivity contribution is 5.94. The maximum atomic E-state index is 11.4. The lowest BCUT2D eigenvalue weighted by atomic mass is 10.3. The predicted octanol–water partition coefficient (Wildman–Crippen LogP) is 0.696. The van der Waals surface area contributed by atoms with Crippen molar-refractivity contribution in [1.82, 2.24) is 10.3 Å². The lowest BCUT2D eigenvalue weighted by Crippen LogP contribution is -2.24. The molecule has 0 bridgehead atoms. The molecular formula is C10H10N2O3. The molecule has 0 aliphatic heterocycles. The van der Waals surface area contributed by atoms with Crippen molar-refractivity contribution in [2.75, 3.05) is 6.54 Å². The molecule has 5 nitrogen and oxygen atoms in total. The van der Waals surface area contributed by atoms with Crippen molar-refractivity contribution in [2.24, 2.45) is 0 Å². The van der Waals surface area contributed by atoms with Gasteiger partial charge < -0.3 is 10.4 Å². The summed E-state index contributed by atoms with van der Waals surface area (Å²) in [6, 6.07) is 4.25. The second kappa shape index (κ2) is 4.90. The van der Waals surface area contributed by atoms with Crippen LogP contribution in [0, 0.1) is 0 Å². The Morgan fingerprint density at radius 1 is 1.47 bits per heavy atom. The Balaban J connectivity index is 2.85. The number of carbonyl (C=O) groups excluding carboxylic acids is 1. The van der Waals surface area contributed by atoms with E-state index in [1.54, 1.807) is 0 Å². The SMILES string of the molecule is C=CCNC(=O)c1cccc(C(=O)O)n1. The van der Waals surface area contributed by atoms with Crippen molar-refractivity contribution in [1.29, 1.82) is 0 Å². The van der Waals surface area contributed by atoms with Crippen LogP contribution in [0.1, 0.15) is 21.0 Å². The molecule has 0 aliphatic carbocycles. The second-order valence-electron chi connectivity index (χ2n) is 2.71. The van der Waals surface area contributed by atoms with E-state index >= 15 is 0 Å². The van der Waals surface area contributed by atoms with Gasteiger partial charge in [0.1, 0.15) is 11.4 Å². The monoisotopic (exact) mass is 206 g/mol. The Morgan fingerprint density at radius 3 is 2.73 bits per heavy atom. The summed E-state index contributed by atoms with van der Waals surface area (Å²) in [4.78, 5) is 25.6. The summed E-state index contributed by atoms with van der Waals surface area (Å²) in [5.41, 5.74) is -0.0713. The molecule has 1 aromatic rings. The van der Waals surface area contributed by atoms with Crippen molar-refractivity contribution in [3.8, 4) is 0 Å².